The summed E-state index contributed by atoms with van der Waals surface area (Å²) in [5.41, 5.74) is 2.12. The van der Waals surface area contributed by atoms with Crippen LogP contribution >= 0.6 is 11.3 Å². The summed E-state index contributed by atoms with van der Waals surface area (Å²) in [6.45, 7) is 0.810. The molecule has 1 aromatic carbocycles. The zero-order valence-electron chi connectivity index (χ0n) is 18.7. The predicted octanol–water partition coefficient (Wildman–Crippen LogP) is 4.99. The van der Waals surface area contributed by atoms with Gasteiger partial charge in [-0.3, -0.25) is 14.6 Å². The van der Waals surface area contributed by atoms with Crippen molar-refractivity contribution in [2.75, 3.05) is 13.6 Å². The predicted molar refractivity (Wildman–Crippen MR) is 130 cm³/mol. The molecule has 2 aromatic heterocycles. The van der Waals surface area contributed by atoms with Gasteiger partial charge in [0.25, 0.3) is 5.91 Å². The van der Waals surface area contributed by atoms with E-state index in [2.05, 4.69) is 27.3 Å². The van der Waals surface area contributed by atoms with Crippen LogP contribution in [-0.2, 0) is 17.6 Å². The summed E-state index contributed by atoms with van der Waals surface area (Å²) in [6.07, 6.45) is 9.03. The molecule has 3 heterocycles. The summed E-state index contributed by atoms with van der Waals surface area (Å²) in [4.78, 5) is 33.1. The topological polar surface area (TPSA) is 62.3 Å². The Morgan fingerprint density at radius 3 is 2.78 bits per heavy atom. The molecular weight excluding hydrogens is 418 g/mol. The molecule has 168 valence electrons. The van der Waals surface area contributed by atoms with Gasteiger partial charge in [-0.05, 0) is 61.3 Å². The number of aromatic nitrogens is 1. The fourth-order valence-corrected chi connectivity index (χ4v) is 5.84. The molecule has 1 saturated heterocycles. The zero-order chi connectivity index (χ0) is 22.3. The SMILES string of the molecule is CNC(=O)c1sc2ccccc2c1CC1CCCCCN1C(=O)CCCc1ccccn1. The first-order chi connectivity index (χ1) is 15.7. The second-order valence-electron chi connectivity index (χ2n) is 8.45. The lowest BCUT2D eigenvalue weighted by Gasteiger charge is -2.30. The molecule has 6 heteroatoms. The van der Waals surface area contributed by atoms with Gasteiger partial charge in [0.15, 0.2) is 0 Å². The molecule has 1 N–H and O–H groups in total. The summed E-state index contributed by atoms with van der Waals surface area (Å²) in [5, 5.41) is 3.94. The number of amides is 2. The third-order valence-corrected chi connectivity index (χ3v) is 7.53. The number of aryl methyl sites for hydroxylation is 1. The molecule has 0 spiro atoms. The van der Waals surface area contributed by atoms with Gasteiger partial charge in [0.05, 0.1) is 4.88 Å². The van der Waals surface area contributed by atoms with E-state index in [1.54, 1.807) is 24.6 Å². The molecule has 4 rings (SSSR count). The number of carbonyl (C=O) groups is 2. The first-order valence-electron chi connectivity index (χ1n) is 11.6. The van der Waals surface area contributed by atoms with E-state index in [-0.39, 0.29) is 17.9 Å². The molecule has 0 bridgehead atoms. The summed E-state index contributed by atoms with van der Waals surface area (Å²) in [7, 11) is 1.68. The Kier molecular flexibility index (Phi) is 7.53. The Hall–Kier alpha value is -2.73. The number of pyridine rings is 1. The fraction of sp³-hybridized carbons (Fsp3) is 0.423. The minimum absolute atomic E-state index is 0.0388. The number of benzene rings is 1. The molecule has 0 aliphatic carbocycles. The van der Waals surface area contributed by atoms with Crippen molar-refractivity contribution in [3.8, 4) is 0 Å². The van der Waals surface area contributed by atoms with Crippen molar-refractivity contribution in [1.82, 2.24) is 15.2 Å². The number of likely N-dealkylation sites (tertiary alicyclic amines) is 1. The highest BCUT2D eigenvalue weighted by molar-refractivity contribution is 7.21. The Morgan fingerprint density at radius 2 is 1.97 bits per heavy atom. The quantitative estimate of drug-likeness (QED) is 0.553. The lowest BCUT2D eigenvalue weighted by atomic mass is 9.97. The van der Waals surface area contributed by atoms with Gasteiger partial charge in [-0.25, -0.2) is 0 Å². The Bertz CT molecular complexity index is 1060. The van der Waals surface area contributed by atoms with E-state index in [0.717, 1.165) is 77.7 Å². The van der Waals surface area contributed by atoms with Crippen LogP contribution in [0.15, 0.2) is 48.7 Å². The molecule has 1 fully saturated rings. The highest BCUT2D eigenvalue weighted by Gasteiger charge is 2.28. The van der Waals surface area contributed by atoms with Gasteiger partial charge in [0.1, 0.15) is 0 Å². The monoisotopic (exact) mass is 449 g/mol. The van der Waals surface area contributed by atoms with Crippen LogP contribution in [0.4, 0.5) is 0 Å². The minimum atomic E-state index is -0.0388. The number of hydrogen-bond acceptors (Lipinski definition) is 4. The largest absolute Gasteiger partial charge is 0.354 e. The minimum Gasteiger partial charge on any atom is -0.354 e. The summed E-state index contributed by atoms with van der Waals surface area (Å²) in [6, 6.07) is 14.3. The van der Waals surface area contributed by atoms with Crippen molar-refractivity contribution in [2.45, 2.75) is 57.4 Å². The van der Waals surface area contributed by atoms with Crippen molar-refractivity contribution in [2.24, 2.45) is 0 Å². The maximum absolute atomic E-state index is 13.2. The number of fused-ring (bicyclic) bond motifs is 1. The van der Waals surface area contributed by atoms with Crippen molar-refractivity contribution in [3.63, 3.8) is 0 Å². The first-order valence-corrected chi connectivity index (χ1v) is 12.4. The first kappa shape index (κ1) is 22.5. The number of nitrogens with one attached hydrogen (secondary N) is 1. The van der Waals surface area contributed by atoms with E-state index in [1.165, 1.54) is 0 Å². The van der Waals surface area contributed by atoms with E-state index >= 15 is 0 Å². The Morgan fingerprint density at radius 1 is 1.12 bits per heavy atom. The molecule has 1 unspecified atom stereocenters. The zero-order valence-corrected chi connectivity index (χ0v) is 19.5. The van der Waals surface area contributed by atoms with Crippen molar-refractivity contribution in [1.29, 1.82) is 0 Å². The van der Waals surface area contributed by atoms with Crippen LogP contribution in [0.5, 0.6) is 0 Å². The fourth-order valence-electron chi connectivity index (χ4n) is 4.66. The number of thiophene rings is 1. The van der Waals surface area contributed by atoms with E-state index in [1.807, 2.05) is 30.3 Å². The second kappa shape index (κ2) is 10.7. The molecule has 0 radical (unpaired) electrons. The third-order valence-electron chi connectivity index (χ3n) is 6.32. The highest BCUT2D eigenvalue weighted by Crippen LogP contribution is 2.34. The van der Waals surface area contributed by atoms with Crippen LogP contribution in [0, 0.1) is 0 Å². The molecular formula is C26H31N3O2S. The average Bonchev–Trinajstić information content (AvgIpc) is 3.02. The molecule has 32 heavy (non-hydrogen) atoms. The molecule has 1 aliphatic rings. The second-order valence-corrected chi connectivity index (χ2v) is 9.51. The number of nitrogens with zero attached hydrogens (tertiary/aromatic N) is 2. The molecule has 1 aliphatic heterocycles. The van der Waals surface area contributed by atoms with Gasteiger partial charge in [-0.2, -0.15) is 0 Å². The van der Waals surface area contributed by atoms with E-state index in [9.17, 15) is 9.59 Å². The third kappa shape index (κ3) is 5.18. The maximum atomic E-state index is 13.2. The molecule has 2 amide bonds. The van der Waals surface area contributed by atoms with Crippen molar-refractivity contribution in [3.05, 3.63) is 64.8 Å². The van der Waals surface area contributed by atoms with Crippen LogP contribution in [-0.4, -0.2) is 41.3 Å². The lowest BCUT2D eigenvalue weighted by molar-refractivity contribution is -0.133. The summed E-state index contributed by atoms with van der Waals surface area (Å²) < 4.78 is 1.13. The van der Waals surface area contributed by atoms with Crippen LogP contribution in [0.1, 0.15) is 59.5 Å². The lowest BCUT2D eigenvalue weighted by Crippen LogP contribution is -2.41. The van der Waals surface area contributed by atoms with Crippen LogP contribution in [0.2, 0.25) is 0 Å². The smallest absolute Gasteiger partial charge is 0.261 e. The number of hydrogen-bond donors (Lipinski definition) is 1. The standard InChI is InChI=1S/C26H31N3O2S/c1-27-26(31)25-22(21-13-4-5-14-23(21)32-25)18-20-12-3-2-8-17-29(20)24(30)15-9-11-19-10-6-7-16-28-19/h4-7,10,13-14,16,20H,2-3,8-9,11-12,15,17-18H2,1H3,(H,27,31). The highest BCUT2D eigenvalue weighted by atomic mass is 32.1. The normalized spacial score (nSPS) is 16.7. The van der Waals surface area contributed by atoms with E-state index in [0.29, 0.717) is 6.42 Å². The van der Waals surface area contributed by atoms with Crippen LogP contribution in [0.3, 0.4) is 0 Å². The van der Waals surface area contributed by atoms with E-state index < -0.39 is 0 Å². The average molecular weight is 450 g/mol. The number of carbonyl (C=O) groups excluding carboxylic acids is 2. The van der Waals surface area contributed by atoms with E-state index in [4.69, 9.17) is 0 Å². The van der Waals surface area contributed by atoms with Crippen LogP contribution < -0.4 is 5.32 Å². The van der Waals surface area contributed by atoms with Gasteiger partial charge in [-0.1, -0.05) is 37.1 Å². The number of rotatable bonds is 7. The van der Waals surface area contributed by atoms with Gasteiger partial charge < -0.3 is 10.2 Å². The molecule has 1 atom stereocenters. The van der Waals surface area contributed by atoms with Gasteiger partial charge in [0, 0.05) is 42.6 Å². The maximum Gasteiger partial charge on any atom is 0.261 e. The van der Waals surface area contributed by atoms with Crippen molar-refractivity contribution >= 4 is 33.2 Å². The Labute approximate surface area is 193 Å². The summed E-state index contributed by atoms with van der Waals surface area (Å²) in [5.74, 6) is 0.192. The summed E-state index contributed by atoms with van der Waals surface area (Å²) >= 11 is 1.55. The molecule has 0 saturated carbocycles. The van der Waals surface area contributed by atoms with Crippen molar-refractivity contribution < 1.29 is 9.59 Å². The molecule has 3 aromatic rings. The van der Waals surface area contributed by atoms with Gasteiger partial charge in [0.2, 0.25) is 5.91 Å². The van der Waals surface area contributed by atoms with Crippen LogP contribution in [0.25, 0.3) is 10.1 Å². The van der Waals surface area contributed by atoms with Gasteiger partial charge >= 0.3 is 0 Å². The molecule has 5 nitrogen and oxygen atoms in total. The Balaban J connectivity index is 1.52. The van der Waals surface area contributed by atoms with Gasteiger partial charge in [-0.15, -0.1) is 11.3 Å².